The monoisotopic (exact) mass is 246 g/mol. The summed E-state index contributed by atoms with van der Waals surface area (Å²) in [5.41, 5.74) is 0.569. The third-order valence-electron chi connectivity index (χ3n) is 2.09. The standard InChI is InChI=1S/C13H14N2O3/c1-3-18-13(16)10(8-14)9-15-11-6-4-5-7-12(11)17-2/h4-7,9,15H,3H2,1-2H3/b10-9-. The van der Waals surface area contributed by atoms with Crippen LogP contribution in [-0.2, 0) is 9.53 Å². The van der Waals surface area contributed by atoms with Crippen molar-refractivity contribution < 1.29 is 14.3 Å². The Hall–Kier alpha value is -2.48. The summed E-state index contributed by atoms with van der Waals surface area (Å²) < 4.78 is 9.87. The van der Waals surface area contributed by atoms with Crippen LogP contribution in [0.25, 0.3) is 0 Å². The minimum Gasteiger partial charge on any atom is -0.495 e. The van der Waals surface area contributed by atoms with Crippen molar-refractivity contribution in [3.8, 4) is 11.8 Å². The Labute approximate surface area is 106 Å². The van der Waals surface area contributed by atoms with Gasteiger partial charge in [0.1, 0.15) is 11.8 Å². The second-order valence-electron chi connectivity index (χ2n) is 3.23. The second kappa shape index (κ2) is 6.97. The summed E-state index contributed by atoms with van der Waals surface area (Å²) in [5.74, 6) is -0.0303. The SMILES string of the molecule is CCOC(=O)/C(C#N)=C\Nc1ccccc1OC. The highest BCUT2D eigenvalue weighted by Crippen LogP contribution is 2.23. The molecule has 18 heavy (non-hydrogen) atoms. The molecule has 94 valence electrons. The summed E-state index contributed by atoms with van der Waals surface area (Å²) in [6, 6.07) is 8.96. The van der Waals surface area contributed by atoms with E-state index in [9.17, 15) is 4.79 Å². The van der Waals surface area contributed by atoms with Crippen molar-refractivity contribution in [3.05, 3.63) is 36.0 Å². The van der Waals surface area contributed by atoms with Crippen molar-refractivity contribution >= 4 is 11.7 Å². The van der Waals surface area contributed by atoms with E-state index in [0.29, 0.717) is 11.4 Å². The number of rotatable bonds is 5. The lowest BCUT2D eigenvalue weighted by molar-refractivity contribution is -0.138. The van der Waals surface area contributed by atoms with E-state index in [4.69, 9.17) is 14.7 Å². The number of hydrogen-bond donors (Lipinski definition) is 1. The molecule has 1 N–H and O–H groups in total. The van der Waals surface area contributed by atoms with Gasteiger partial charge in [-0.2, -0.15) is 5.26 Å². The van der Waals surface area contributed by atoms with Crippen molar-refractivity contribution in [1.82, 2.24) is 0 Å². The van der Waals surface area contributed by atoms with Crippen LogP contribution in [0, 0.1) is 11.3 Å². The van der Waals surface area contributed by atoms with Gasteiger partial charge in [0.2, 0.25) is 0 Å². The Bertz CT molecular complexity index is 489. The molecular weight excluding hydrogens is 232 g/mol. The fourth-order valence-electron chi connectivity index (χ4n) is 1.26. The number of nitriles is 1. The molecule has 1 rings (SSSR count). The third-order valence-corrected chi connectivity index (χ3v) is 2.09. The lowest BCUT2D eigenvalue weighted by Crippen LogP contribution is -2.08. The van der Waals surface area contributed by atoms with Gasteiger partial charge in [0, 0.05) is 6.20 Å². The zero-order chi connectivity index (χ0) is 13.4. The number of para-hydroxylation sites is 2. The molecule has 5 nitrogen and oxygen atoms in total. The lowest BCUT2D eigenvalue weighted by atomic mass is 10.3. The quantitative estimate of drug-likeness (QED) is 0.489. The Morgan fingerprint density at radius 2 is 2.22 bits per heavy atom. The highest BCUT2D eigenvalue weighted by molar-refractivity contribution is 5.93. The molecule has 0 bridgehead atoms. The summed E-state index contributed by atoms with van der Waals surface area (Å²) in [6.07, 6.45) is 1.30. The number of nitrogens with one attached hydrogen (secondary N) is 1. The number of carbonyl (C=O) groups is 1. The predicted octanol–water partition coefficient (Wildman–Crippen LogP) is 2.08. The third kappa shape index (κ3) is 3.52. The van der Waals surface area contributed by atoms with Gasteiger partial charge < -0.3 is 14.8 Å². The average molecular weight is 246 g/mol. The van der Waals surface area contributed by atoms with E-state index in [2.05, 4.69) is 5.32 Å². The first-order valence-electron chi connectivity index (χ1n) is 5.39. The largest absolute Gasteiger partial charge is 0.495 e. The van der Waals surface area contributed by atoms with Gasteiger partial charge in [0.05, 0.1) is 19.4 Å². The molecule has 0 atom stereocenters. The highest BCUT2D eigenvalue weighted by atomic mass is 16.5. The fraction of sp³-hybridized carbons (Fsp3) is 0.231. The minimum absolute atomic E-state index is 0.0947. The average Bonchev–Trinajstić information content (AvgIpc) is 2.40. The molecule has 0 saturated carbocycles. The maximum Gasteiger partial charge on any atom is 0.350 e. The van der Waals surface area contributed by atoms with E-state index in [1.165, 1.54) is 6.20 Å². The summed E-state index contributed by atoms with van der Waals surface area (Å²) in [4.78, 5) is 11.4. The van der Waals surface area contributed by atoms with Crippen LogP contribution in [0.1, 0.15) is 6.92 Å². The molecule has 0 spiro atoms. The van der Waals surface area contributed by atoms with Gasteiger partial charge in [-0.1, -0.05) is 12.1 Å². The number of methoxy groups -OCH3 is 1. The molecule has 0 aliphatic carbocycles. The maximum atomic E-state index is 11.4. The normalized spacial score (nSPS) is 10.4. The van der Waals surface area contributed by atoms with Gasteiger partial charge in [-0.15, -0.1) is 0 Å². The Morgan fingerprint density at radius 1 is 1.50 bits per heavy atom. The molecule has 0 saturated heterocycles. The lowest BCUT2D eigenvalue weighted by Gasteiger charge is -2.07. The van der Waals surface area contributed by atoms with Crippen LogP contribution in [0.5, 0.6) is 5.75 Å². The number of hydrogen-bond acceptors (Lipinski definition) is 5. The molecule has 0 fully saturated rings. The van der Waals surface area contributed by atoms with E-state index in [-0.39, 0.29) is 12.2 Å². The van der Waals surface area contributed by atoms with E-state index < -0.39 is 5.97 Å². The van der Waals surface area contributed by atoms with E-state index in [1.54, 1.807) is 32.2 Å². The number of esters is 1. The first-order chi connectivity index (χ1) is 8.72. The van der Waals surface area contributed by atoms with Gasteiger partial charge in [0.25, 0.3) is 0 Å². The molecule has 0 unspecified atom stereocenters. The van der Waals surface area contributed by atoms with Gasteiger partial charge in [0.15, 0.2) is 5.57 Å². The van der Waals surface area contributed by atoms with Crippen molar-refractivity contribution in [2.75, 3.05) is 19.0 Å². The molecule has 1 aromatic rings. The Morgan fingerprint density at radius 3 is 2.83 bits per heavy atom. The molecule has 0 radical (unpaired) electrons. The smallest absolute Gasteiger partial charge is 0.350 e. The van der Waals surface area contributed by atoms with E-state index in [0.717, 1.165) is 0 Å². The topological polar surface area (TPSA) is 71.4 Å². The molecule has 0 amide bonds. The molecule has 0 aromatic heterocycles. The molecular formula is C13H14N2O3. The molecule has 0 aliphatic heterocycles. The summed E-state index contributed by atoms with van der Waals surface area (Å²) in [6.45, 7) is 1.91. The van der Waals surface area contributed by atoms with Crippen molar-refractivity contribution in [1.29, 1.82) is 5.26 Å². The number of carbonyl (C=O) groups excluding carboxylic acids is 1. The Balaban J connectivity index is 2.84. The second-order valence-corrected chi connectivity index (χ2v) is 3.23. The summed E-state index contributed by atoms with van der Waals surface area (Å²) in [5, 5.41) is 11.7. The molecule has 1 aromatic carbocycles. The molecule has 5 heteroatoms. The van der Waals surface area contributed by atoms with Gasteiger partial charge in [-0.05, 0) is 19.1 Å². The summed E-state index contributed by atoms with van der Waals surface area (Å²) in [7, 11) is 1.54. The van der Waals surface area contributed by atoms with Crippen LogP contribution in [0.4, 0.5) is 5.69 Å². The first kappa shape index (κ1) is 13.6. The van der Waals surface area contributed by atoms with Crippen LogP contribution in [0.15, 0.2) is 36.0 Å². The van der Waals surface area contributed by atoms with Crippen molar-refractivity contribution in [3.63, 3.8) is 0 Å². The van der Waals surface area contributed by atoms with Crippen LogP contribution >= 0.6 is 0 Å². The number of ether oxygens (including phenoxy) is 2. The number of nitrogens with zero attached hydrogens (tertiary/aromatic N) is 1. The van der Waals surface area contributed by atoms with Crippen molar-refractivity contribution in [2.45, 2.75) is 6.92 Å². The fourth-order valence-corrected chi connectivity index (χ4v) is 1.26. The van der Waals surface area contributed by atoms with Gasteiger partial charge >= 0.3 is 5.97 Å². The van der Waals surface area contributed by atoms with Gasteiger partial charge in [-0.3, -0.25) is 0 Å². The minimum atomic E-state index is -0.651. The number of benzene rings is 1. The van der Waals surface area contributed by atoms with Crippen LogP contribution < -0.4 is 10.1 Å². The first-order valence-corrected chi connectivity index (χ1v) is 5.39. The van der Waals surface area contributed by atoms with E-state index >= 15 is 0 Å². The van der Waals surface area contributed by atoms with E-state index in [1.807, 2.05) is 12.1 Å². The van der Waals surface area contributed by atoms with Gasteiger partial charge in [-0.25, -0.2) is 4.79 Å². The Kier molecular flexibility index (Phi) is 5.26. The van der Waals surface area contributed by atoms with Crippen molar-refractivity contribution in [2.24, 2.45) is 0 Å². The molecule has 0 heterocycles. The zero-order valence-corrected chi connectivity index (χ0v) is 10.3. The zero-order valence-electron chi connectivity index (χ0n) is 10.3. The summed E-state index contributed by atoms with van der Waals surface area (Å²) >= 11 is 0. The molecule has 0 aliphatic rings. The van der Waals surface area contributed by atoms with Crippen LogP contribution in [0.3, 0.4) is 0 Å². The number of anilines is 1. The predicted molar refractivity (Wildman–Crippen MR) is 66.9 cm³/mol. The van der Waals surface area contributed by atoms with Crippen LogP contribution in [0.2, 0.25) is 0 Å². The van der Waals surface area contributed by atoms with Crippen LogP contribution in [-0.4, -0.2) is 19.7 Å². The highest BCUT2D eigenvalue weighted by Gasteiger charge is 2.09. The maximum absolute atomic E-state index is 11.4.